The Hall–Kier alpha value is -2.92. The third kappa shape index (κ3) is 4.55. The maximum Gasteiger partial charge on any atom is 0.251 e. The second-order valence-electron chi connectivity index (χ2n) is 5.58. The first kappa shape index (κ1) is 16.9. The standard InChI is InChI=1S/C20H20N2O3/c1-24-10-11-25-18-6-2-4-15(12-18)14-22-20(23)17-7-8-19-16(13-17)5-3-9-21-19/h2-9,12-13H,10-11,14H2,1H3,(H,22,23). The molecule has 0 unspecified atom stereocenters. The number of ether oxygens (including phenoxy) is 2. The number of nitrogens with one attached hydrogen (secondary N) is 1. The number of methoxy groups -OCH3 is 1. The molecule has 0 aliphatic heterocycles. The van der Waals surface area contributed by atoms with Gasteiger partial charge in [-0.05, 0) is 42.0 Å². The average Bonchev–Trinajstić information content (AvgIpc) is 2.66. The molecule has 0 saturated heterocycles. The molecular weight excluding hydrogens is 316 g/mol. The SMILES string of the molecule is COCCOc1cccc(CNC(=O)c2ccc3ncccc3c2)c1. The van der Waals surface area contributed by atoms with Crippen molar-refractivity contribution in [3.8, 4) is 5.75 Å². The van der Waals surface area contributed by atoms with Crippen molar-refractivity contribution in [3.05, 3.63) is 71.9 Å². The highest BCUT2D eigenvalue weighted by Gasteiger charge is 2.07. The fraction of sp³-hybridized carbons (Fsp3) is 0.200. The Morgan fingerprint density at radius 3 is 2.88 bits per heavy atom. The molecule has 0 aliphatic carbocycles. The molecule has 2 aromatic carbocycles. The maximum atomic E-state index is 12.4. The Labute approximate surface area is 146 Å². The Morgan fingerprint density at radius 2 is 2.00 bits per heavy atom. The van der Waals surface area contributed by atoms with Crippen LogP contribution in [0.3, 0.4) is 0 Å². The molecular formula is C20H20N2O3. The third-order valence-corrected chi connectivity index (χ3v) is 3.77. The lowest BCUT2D eigenvalue weighted by molar-refractivity contribution is 0.0951. The fourth-order valence-electron chi connectivity index (χ4n) is 2.49. The summed E-state index contributed by atoms with van der Waals surface area (Å²) in [7, 11) is 1.64. The van der Waals surface area contributed by atoms with Gasteiger partial charge in [0.1, 0.15) is 12.4 Å². The molecule has 1 N–H and O–H groups in total. The first-order valence-electron chi connectivity index (χ1n) is 8.10. The number of benzene rings is 2. The van der Waals surface area contributed by atoms with E-state index in [9.17, 15) is 4.79 Å². The summed E-state index contributed by atoms with van der Waals surface area (Å²) in [4.78, 5) is 16.6. The van der Waals surface area contributed by atoms with Gasteiger partial charge in [-0.2, -0.15) is 0 Å². The second-order valence-corrected chi connectivity index (χ2v) is 5.58. The molecule has 1 aromatic heterocycles. The van der Waals surface area contributed by atoms with Gasteiger partial charge < -0.3 is 14.8 Å². The predicted molar refractivity (Wildman–Crippen MR) is 96.7 cm³/mol. The van der Waals surface area contributed by atoms with Crippen LogP contribution in [0.2, 0.25) is 0 Å². The first-order valence-corrected chi connectivity index (χ1v) is 8.10. The fourth-order valence-corrected chi connectivity index (χ4v) is 2.49. The summed E-state index contributed by atoms with van der Waals surface area (Å²) in [5.74, 6) is 0.650. The van der Waals surface area contributed by atoms with Gasteiger partial charge in [-0.3, -0.25) is 9.78 Å². The number of hydrogen-bond donors (Lipinski definition) is 1. The lowest BCUT2D eigenvalue weighted by atomic mass is 10.1. The number of nitrogens with zero attached hydrogens (tertiary/aromatic N) is 1. The molecule has 0 fully saturated rings. The number of carbonyl (C=O) groups is 1. The van der Waals surface area contributed by atoms with Gasteiger partial charge in [-0.1, -0.05) is 18.2 Å². The lowest BCUT2D eigenvalue weighted by Crippen LogP contribution is -2.22. The van der Waals surface area contributed by atoms with Gasteiger partial charge in [0.15, 0.2) is 0 Å². The van der Waals surface area contributed by atoms with Crippen LogP contribution in [0.15, 0.2) is 60.8 Å². The molecule has 0 saturated carbocycles. The molecule has 25 heavy (non-hydrogen) atoms. The maximum absolute atomic E-state index is 12.4. The zero-order valence-electron chi connectivity index (χ0n) is 14.1. The van der Waals surface area contributed by atoms with Gasteiger partial charge in [0, 0.05) is 30.8 Å². The first-order chi connectivity index (χ1) is 12.3. The number of pyridine rings is 1. The van der Waals surface area contributed by atoms with Crippen LogP contribution in [-0.4, -0.2) is 31.2 Å². The number of fused-ring (bicyclic) bond motifs is 1. The van der Waals surface area contributed by atoms with E-state index in [0.29, 0.717) is 25.3 Å². The molecule has 0 radical (unpaired) electrons. The molecule has 5 heteroatoms. The van der Waals surface area contributed by atoms with E-state index >= 15 is 0 Å². The highest BCUT2D eigenvalue weighted by Crippen LogP contribution is 2.15. The van der Waals surface area contributed by atoms with Crippen molar-refractivity contribution in [1.82, 2.24) is 10.3 Å². The van der Waals surface area contributed by atoms with Gasteiger partial charge in [-0.15, -0.1) is 0 Å². The van der Waals surface area contributed by atoms with Crippen LogP contribution in [0.5, 0.6) is 5.75 Å². The molecule has 1 amide bonds. The van der Waals surface area contributed by atoms with Gasteiger partial charge in [0.05, 0.1) is 12.1 Å². The Bertz CT molecular complexity index is 864. The Morgan fingerprint density at radius 1 is 1.08 bits per heavy atom. The van der Waals surface area contributed by atoms with E-state index in [1.165, 1.54) is 0 Å². The van der Waals surface area contributed by atoms with Gasteiger partial charge in [0.25, 0.3) is 5.91 Å². The number of carbonyl (C=O) groups excluding carboxylic acids is 1. The molecule has 0 bridgehead atoms. The molecule has 5 nitrogen and oxygen atoms in total. The summed E-state index contributed by atoms with van der Waals surface area (Å²) in [6.45, 7) is 1.47. The van der Waals surface area contributed by atoms with Crippen LogP contribution < -0.4 is 10.1 Å². The largest absolute Gasteiger partial charge is 0.491 e. The molecule has 0 spiro atoms. The summed E-state index contributed by atoms with van der Waals surface area (Å²) in [6.07, 6.45) is 1.74. The van der Waals surface area contributed by atoms with Crippen molar-refractivity contribution < 1.29 is 14.3 Å². The summed E-state index contributed by atoms with van der Waals surface area (Å²) < 4.78 is 10.5. The highest BCUT2D eigenvalue weighted by atomic mass is 16.5. The third-order valence-electron chi connectivity index (χ3n) is 3.77. The van der Waals surface area contributed by atoms with Crippen LogP contribution in [0.4, 0.5) is 0 Å². The van der Waals surface area contributed by atoms with E-state index in [-0.39, 0.29) is 5.91 Å². The second kappa shape index (κ2) is 8.26. The summed E-state index contributed by atoms with van der Waals surface area (Å²) in [6, 6.07) is 17.0. The normalized spacial score (nSPS) is 10.6. The van der Waals surface area contributed by atoms with E-state index in [4.69, 9.17) is 9.47 Å². The van der Waals surface area contributed by atoms with Crippen molar-refractivity contribution in [2.24, 2.45) is 0 Å². The molecule has 3 rings (SSSR count). The zero-order chi connectivity index (χ0) is 17.5. The molecule has 0 atom stereocenters. The summed E-state index contributed by atoms with van der Waals surface area (Å²) in [5, 5.41) is 3.88. The zero-order valence-corrected chi connectivity index (χ0v) is 14.1. The van der Waals surface area contributed by atoms with E-state index < -0.39 is 0 Å². The summed E-state index contributed by atoms with van der Waals surface area (Å²) >= 11 is 0. The van der Waals surface area contributed by atoms with Crippen LogP contribution in [0, 0.1) is 0 Å². The van der Waals surface area contributed by atoms with E-state index in [2.05, 4.69) is 10.3 Å². The van der Waals surface area contributed by atoms with Gasteiger partial charge in [0.2, 0.25) is 0 Å². The minimum atomic E-state index is -0.114. The smallest absolute Gasteiger partial charge is 0.251 e. The van der Waals surface area contributed by atoms with Crippen LogP contribution >= 0.6 is 0 Å². The van der Waals surface area contributed by atoms with E-state index in [0.717, 1.165) is 22.2 Å². The van der Waals surface area contributed by atoms with Crippen molar-refractivity contribution >= 4 is 16.8 Å². The molecule has 1 heterocycles. The van der Waals surface area contributed by atoms with Crippen LogP contribution in [0.1, 0.15) is 15.9 Å². The topological polar surface area (TPSA) is 60.5 Å². The average molecular weight is 336 g/mol. The highest BCUT2D eigenvalue weighted by molar-refractivity contribution is 5.97. The van der Waals surface area contributed by atoms with Crippen LogP contribution in [-0.2, 0) is 11.3 Å². The van der Waals surface area contributed by atoms with E-state index in [1.54, 1.807) is 19.4 Å². The minimum Gasteiger partial charge on any atom is -0.491 e. The lowest BCUT2D eigenvalue weighted by Gasteiger charge is -2.09. The van der Waals surface area contributed by atoms with Crippen LogP contribution in [0.25, 0.3) is 10.9 Å². The predicted octanol–water partition coefficient (Wildman–Crippen LogP) is 3.19. The summed E-state index contributed by atoms with van der Waals surface area (Å²) in [5.41, 5.74) is 2.47. The van der Waals surface area contributed by atoms with Crippen molar-refractivity contribution in [1.29, 1.82) is 0 Å². The quantitative estimate of drug-likeness (QED) is 0.673. The molecule has 128 valence electrons. The van der Waals surface area contributed by atoms with Crippen molar-refractivity contribution in [2.45, 2.75) is 6.54 Å². The van der Waals surface area contributed by atoms with Crippen molar-refractivity contribution in [3.63, 3.8) is 0 Å². The number of aromatic nitrogens is 1. The van der Waals surface area contributed by atoms with E-state index in [1.807, 2.05) is 48.5 Å². The van der Waals surface area contributed by atoms with Gasteiger partial charge in [-0.25, -0.2) is 0 Å². The Kier molecular flexibility index (Phi) is 5.59. The number of amides is 1. The number of hydrogen-bond acceptors (Lipinski definition) is 4. The minimum absolute atomic E-state index is 0.114. The number of rotatable bonds is 7. The molecule has 0 aliphatic rings. The monoisotopic (exact) mass is 336 g/mol. The van der Waals surface area contributed by atoms with Crippen molar-refractivity contribution in [2.75, 3.05) is 20.3 Å². The molecule has 3 aromatic rings. The van der Waals surface area contributed by atoms with Gasteiger partial charge >= 0.3 is 0 Å². The Balaban J connectivity index is 1.62.